The molecule has 1 fully saturated rings. The van der Waals surface area contributed by atoms with Crippen molar-refractivity contribution in [1.29, 1.82) is 0 Å². The maximum atomic E-state index is 12.6. The smallest absolute Gasteiger partial charge is 0.231 e. The topological polar surface area (TPSA) is 75.8 Å². The molecule has 1 aliphatic rings. The Hall–Kier alpha value is -2.02. The summed E-state index contributed by atoms with van der Waals surface area (Å²) in [5.74, 6) is -0.697. The third-order valence-corrected chi connectivity index (χ3v) is 5.72. The van der Waals surface area contributed by atoms with Crippen molar-refractivity contribution in [3.8, 4) is 0 Å². The van der Waals surface area contributed by atoms with Gasteiger partial charge in [-0.2, -0.15) is 0 Å². The van der Waals surface area contributed by atoms with Crippen LogP contribution < -0.4 is 5.73 Å². The van der Waals surface area contributed by atoms with Gasteiger partial charge in [0, 0.05) is 23.0 Å². The molecule has 0 bridgehead atoms. The van der Waals surface area contributed by atoms with E-state index in [1.807, 2.05) is 24.3 Å². The molecule has 0 radical (unpaired) electrons. The van der Waals surface area contributed by atoms with Gasteiger partial charge >= 0.3 is 0 Å². The number of hydrogen-bond donors (Lipinski definition) is 1. The normalized spacial score (nSPS) is 18.7. The summed E-state index contributed by atoms with van der Waals surface area (Å²) in [7, 11) is 0. The summed E-state index contributed by atoms with van der Waals surface area (Å²) >= 11 is 13.1. The molecule has 8 heteroatoms. The third kappa shape index (κ3) is 5.25. The van der Waals surface area contributed by atoms with Crippen molar-refractivity contribution < 1.29 is 9.59 Å². The highest BCUT2D eigenvalue weighted by Gasteiger charge is 2.34. The zero-order chi connectivity index (χ0) is 19.4. The minimum absolute atomic E-state index is 0.0647. The molecule has 5 nitrogen and oxygen atoms in total. The van der Waals surface area contributed by atoms with E-state index in [0.29, 0.717) is 33.9 Å². The lowest BCUT2D eigenvalue weighted by Gasteiger charge is -2.31. The Morgan fingerprint density at radius 3 is 2.59 bits per heavy atom. The van der Waals surface area contributed by atoms with E-state index in [9.17, 15) is 9.59 Å². The fourth-order valence-electron chi connectivity index (χ4n) is 2.62. The van der Waals surface area contributed by atoms with Crippen molar-refractivity contribution in [3.05, 3.63) is 64.1 Å². The summed E-state index contributed by atoms with van der Waals surface area (Å²) in [6.45, 7) is 0.443. The van der Waals surface area contributed by atoms with E-state index >= 15 is 0 Å². The lowest BCUT2D eigenvalue weighted by Crippen LogP contribution is -2.46. The number of carbonyl (C=O) groups is 2. The van der Waals surface area contributed by atoms with Gasteiger partial charge in [0.2, 0.25) is 11.8 Å². The Bertz CT molecular complexity index is 887. The van der Waals surface area contributed by atoms with Crippen LogP contribution >= 0.6 is 35.0 Å². The van der Waals surface area contributed by atoms with Gasteiger partial charge in [-0.3, -0.25) is 14.5 Å². The van der Waals surface area contributed by atoms with Crippen LogP contribution in [0.3, 0.4) is 0 Å². The number of amides is 2. The number of thioether (sulfide) groups is 1. The second kappa shape index (κ2) is 8.78. The van der Waals surface area contributed by atoms with Crippen molar-refractivity contribution in [2.24, 2.45) is 10.7 Å². The van der Waals surface area contributed by atoms with E-state index in [2.05, 4.69) is 4.99 Å². The molecule has 0 aromatic heterocycles. The minimum atomic E-state index is -0.623. The maximum absolute atomic E-state index is 12.6. The van der Waals surface area contributed by atoms with Crippen molar-refractivity contribution in [2.45, 2.75) is 18.1 Å². The van der Waals surface area contributed by atoms with Crippen molar-refractivity contribution in [2.75, 3.05) is 6.54 Å². The number of nitrogens with two attached hydrogens (primary N) is 1. The monoisotopic (exact) mass is 421 g/mol. The fraction of sp³-hybridized carbons (Fsp3) is 0.211. The van der Waals surface area contributed by atoms with Crippen LogP contribution in [0.5, 0.6) is 0 Å². The van der Waals surface area contributed by atoms with Crippen LogP contribution in [0, 0.1) is 0 Å². The van der Waals surface area contributed by atoms with E-state index < -0.39 is 11.2 Å². The molecular weight excluding hydrogens is 405 g/mol. The Balaban J connectivity index is 1.84. The molecule has 1 heterocycles. The molecule has 140 valence electrons. The zero-order valence-electron chi connectivity index (χ0n) is 14.3. The molecule has 2 aromatic rings. The highest BCUT2D eigenvalue weighted by molar-refractivity contribution is 8.15. The van der Waals surface area contributed by atoms with Gasteiger partial charge in [0.15, 0.2) is 5.17 Å². The third-order valence-electron chi connectivity index (χ3n) is 4.03. The summed E-state index contributed by atoms with van der Waals surface area (Å²) in [5.41, 5.74) is 7.08. The Kier molecular flexibility index (Phi) is 6.42. The largest absolute Gasteiger partial charge is 0.369 e. The average molecular weight is 422 g/mol. The predicted molar refractivity (Wildman–Crippen MR) is 111 cm³/mol. The highest BCUT2D eigenvalue weighted by atomic mass is 35.5. The quantitative estimate of drug-likeness (QED) is 0.790. The van der Waals surface area contributed by atoms with Gasteiger partial charge < -0.3 is 5.73 Å². The number of benzene rings is 2. The first kappa shape index (κ1) is 19.7. The SMILES string of the molecule is NC(=O)C1CC(=O)N(CCc2ccc(Cl)cc2)C(=Nc2cccc(Cl)c2)S1. The van der Waals surface area contributed by atoms with Gasteiger partial charge in [-0.15, -0.1) is 0 Å². The molecule has 2 N–H and O–H groups in total. The molecule has 3 rings (SSSR count). The fourth-order valence-corrected chi connectivity index (χ4v) is 4.01. The number of primary amides is 1. The van der Waals surface area contributed by atoms with Crippen LogP contribution in [0.15, 0.2) is 53.5 Å². The van der Waals surface area contributed by atoms with Crippen LogP contribution in [0.2, 0.25) is 10.0 Å². The van der Waals surface area contributed by atoms with Crippen LogP contribution in [-0.4, -0.2) is 33.7 Å². The molecule has 2 amide bonds. The van der Waals surface area contributed by atoms with Crippen molar-refractivity contribution >= 4 is 57.6 Å². The van der Waals surface area contributed by atoms with Gasteiger partial charge in [-0.25, -0.2) is 4.99 Å². The van der Waals surface area contributed by atoms with Crippen LogP contribution in [0.1, 0.15) is 12.0 Å². The highest BCUT2D eigenvalue weighted by Crippen LogP contribution is 2.29. The number of carbonyl (C=O) groups excluding carboxylic acids is 2. The standard InChI is InChI=1S/C19H17Cl2N3O2S/c20-13-6-4-12(5-7-13)8-9-24-17(25)11-16(18(22)26)27-19(24)23-15-3-1-2-14(21)10-15/h1-7,10,16H,8-9,11H2,(H2,22,26). The van der Waals surface area contributed by atoms with E-state index in [1.54, 1.807) is 29.2 Å². The number of hydrogen-bond acceptors (Lipinski definition) is 4. The number of halogens is 2. The summed E-state index contributed by atoms with van der Waals surface area (Å²) in [6.07, 6.45) is 0.703. The van der Waals surface area contributed by atoms with Crippen molar-refractivity contribution in [1.82, 2.24) is 4.90 Å². The van der Waals surface area contributed by atoms with E-state index in [4.69, 9.17) is 28.9 Å². The lowest BCUT2D eigenvalue weighted by molar-refractivity contribution is -0.129. The lowest BCUT2D eigenvalue weighted by atomic mass is 10.1. The molecule has 1 aliphatic heterocycles. The van der Waals surface area contributed by atoms with Crippen LogP contribution in [-0.2, 0) is 16.0 Å². The molecule has 0 saturated carbocycles. The molecule has 0 spiro atoms. The van der Waals surface area contributed by atoms with Crippen LogP contribution in [0.4, 0.5) is 5.69 Å². The summed E-state index contributed by atoms with van der Waals surface area (Å²) in [6, 6.07) is 14.5. The van der Waals surface area contributed by atoms with E-state index in [-0.39, 0.29) is 12.3 Å². The first-order valence-corrected chi connectivity index (χ1v) is 9.91. The Labute approximate surface area is 171 Å². The second-order valence-electron chi connectivity index (χ2n) is 6.01. The number of amidine groups is 1. The van der Waals surface area contributed by atoms with Crippen LogP contribution in [0.25, 0.3) is 0 Å². The predicted octanol–water partition coefficient (Wildman–Crippen LogP) is 4.04. The van der Waals surface area contributed by atoms with Gasteiger partial charge in [-0.05, 0) is 42.3 Å². The van der Waals surface area contributed by atoms with Gasteiger partial charge in [-0.1, -0.05) is 53.2 Å². The van der Waals surface area contributed by atoms with Crippen molar-refractivity contribution in [3.63, 3.8) is 0 Å². The molecule has 1 unspecified atom stereocenters. The summed E-state index contributed by atoms with van der Waals surface area (Å²) in [5, 5.41) is 1.03. The molecule has 1 saturated heterocycles. The van der Waals surface area contributed by atoms with E-state index in [0.717, 1.165) is 5.56 Å². The van der Waals surface area contributed by atoms with E-state index in [1.165, 1.54) is 11.8 Å². The average Bonchev–Trinajstić information content (AvgIpc) is 2.62. The Morgan fingerprint density at radius 1 is 1.19 bits per heavy atom. The molecule has 27 heavy (non-hydrogen) atoms. The zero-order valence-corrected chi connectivity index (χ0v) is 16.6. The first-order chi connectivity index (χ1) is 12.9. The molecular formula is C19H17Cl2N3O2S. The summed E-state index contributed by atoms with van der Waals surface area (Å²) < 4.78 is 0. The number of rotatable bonds is 5. The number of nitrogens with zero attached hydrogens (tertiary/aromatic N) is 2. The molecule has 2 aromatic carbocycles. The van der Waals surface area contributed by atoms with Gasteiger partial charge in [0.05, 0.1) is 10.9 Å². The molecule has 0 aliphatic carbocycles. The molecule has 1 atom stereocenters. The number of aliphatic imine (C=N–C) groups is 1. The Morgan fingerprint density at radius 2 is 1.93 bits per heavy atom. The van der Waals surface area contributed by atoms with Gasteiger partial charge in [0.25, 0.3) is 0 Å². The second-order valence-corrected chi connectivity index (χ2v) is 8.05. The minimum Gasteiger partial charge on any atom is -0.369 e. The van der Waals surface area contributed by atoms with Gasteiger partial charge in [0.1, 0.15) is 0 Å². The first-order valence-electron chi connectivity index (χ1n) is 8.27. The maximum Gasteiger partial charge on any atom is 0.231 e. The summed E-state index contributed by atoms with van der Waals surface area (Å²) in [4.78, 5) is 30.4.